The molecule has 0 bridgehead atoms. The summed E-state index contributed by atoms with van der Waals surface area (Å²) in [5.41, 5.74) is 1.28. The van der Waals surface area contributed by atoms with Gasteiger partial charge in [0.1, 0.15) is 11.4 Å². The van der Waals surface area contributed by atoms with Crippen molar-refractivity contribution >= 4 is 11.8 Å². The Hall–Kier alpha value is -2.83. The van der Waals surface area contributed by atoms with E-state index in [2.05, 4.69) is 15.7 Å². The van der Waals surface area contributed by atoms with Crippen LogP contribution in [0.5, 0.6) is 5.75 Å². The second-order valence-electron chi connectivity index (χ2n) is 8.02. The third-order valence-electron chi connectivity index (χ3n) is 4.44. The Labute approximate surface area is 165 Å². The summed E-state index contributed by atoms with van der Waals surface area (Å²) in [6.07, 6.45) is 2.28. The van der Waals surface area contributed by atoms with E-state index in [9.17, 15) is 9.59 Å². The quantitative estimate of drug-likeness (QED) is 0.685. The Morgan fingerprint density at radius 1 is 1.14 bits per heavy atom. The number of nitrogens with one attached hydrogen (secondary N) is 2. The zero-order valence-electron chi connectivity index (χ0n) is 16.7. The lowest BCUT2D eigenvalue weighted by Crippen LogP contribution is -2.38. The molecule has 2 aromatic rings. The fraction of sp³-hybridized carbons (Fsp3) is 0.476. The van der Waals surface area contributed by atoms with Crippen molar-refractivity contribution in [1.29, 1.82) is 0 Å². The number of nitrogens with zero attached hydrogens (tertiary/aromatic N) is 2. The molecule has 1 heterocycles. The van der Waals surface area contributed by atoms with Gasteiger partial charge >= 0.3 is 0 Å². The molecule has 0 spiro atoms. The van der Waals surface area contributed by atoms with Crippen molar-refractivity contribution in [2.24, 2.45) is 0 Å². The summed E-state index contributed by atoms with van der Waals surface area (Å²) in [5.74, 6) is 0.727. The van der Waals surface area contributed by atoms with E-state index in [-0.39, 0.29) is 24.0 Å². The summed E-state index contributed by atoms with van der Waals surface area (Å²) in [7, 11) is 0. The van der Waals surface area contributed by atoms with Gasteiger partial charge in [-0.25, -0.2) is 0 Å². The van der Waals surface area contributed by atoms with Crippen LogP contribution in [0.2, 0.25) is 0 Å². The van der Waals surface area contributed by atoms with Gasteiger partial charge in [0.25, 0.3) is 11.8 Å². The van der Waals surface area contributed by atoms with Crippen LogP contribution in [0.3, 0.4) is 0 Å². The second kappa shape index (κ2) is 8.46. The summed E-state index contributed by atoms with van der Waals surface area (Å²) in [6.45, 7) is 6.70. The molecular formula is C21H28N4O3. The largest absolute Gasteiger partial charge is 0.484 e. The summed E-state index contributed by atoms with van der Waals surface area (Å²) in [5, 5.41) is 10.2. The predicted molar refractivity (Wildman–Crippen MR) is 106 cm³/mol. The number of carbonyl (C=O) groups is 2. The fourth-order valence-electron chi connectivity index (χ4n) is 2.84. The fourth-order valence-corrected chi connectivity index (χ4v) is 2.84. The number of amides is 2. The molecule has 0 saturated heterocycles. The van der Waals surface area contributed by atoms with Gasteiger partial charge in [0.2, 0.25) is 0 Å². The molecule has 1 fully saturated rings. The van der Waals surface area contributed by atoms with E-state index in [1.165, 1.54) is 0 Å². The molecule has 2 amide bonds. The van der Waals surface area contributed by atoms with Gasteiger partial charge in [-0.1, -0.05) is 18.2 Å². The molecule has 1 aromatic heterocycles. The maximum Gasteiger partial charge on any atom is 0.269 e. The molecule has 1 aliphatic rings. The minimum absolute atomic E-state index is 0.0560. The zero-order chi connectivity index (χ0) is 20.1. The Balaban J connectivity index is 1.45. The van der Waals surface area contributed by atoms with Crippen LogP contribution in [0, 0.1) is 0 Å². The highest BCUT2D eigenvalue weighted by Crippen LogP contribution is 2.40. The van der Waals surface area contributed by atoms with E-state index >= 15 is 0 Å². The molecule has 150 valence electrons. The van der Waals surface area contributed by atoms with Crippen LogP contribution in [-0.4, -0.2) is 41.3 Å². The van der Waals surface area contributed by atoms with Crippen LogP contribution >= 0.6 is 0 Å². The maximum atomic E-state index is 12.6. The molecule has 7 nitrogen and oxygen atoms in total. The van der Waals surface area contributed by atoms with Gasteiger partial charge < -0.3 is 15.4 Å². The van der Waals surface area contributed by atoms with Crippen LogP contribution in [0.1, 0.15) is 55.7 Å². The number of benzene rings is 1. The average Bonchev–Trinajstić information content (AvgIpc) is 3.41. The SMILES string of the molecule is CC(C)(C)n1nc(C2CC2)cc1C(=O)NCCNC(=O)COc1ccccc1. The number of para-hydroxylation sites is 1. The first kappa shape index (κ1) is 19.9. The van der Waals surface area contributed by atoms with Gasteiger partial charge in [-0.15, -0.1) is 0 Å². The highest BCUT2D eigenvalue weighted by molar-refractivity contribution is 5.92. The molecule has 0 unspecified atom stereocenters. The molecule has 2 N–H and O–H groups in total. The summed E-state index contributed by atoms with van der Waals surface area (Å²) < 4.78 is 7.18. The van der Waals surface area contributed by atoms with Gasteiger partial charge in [0.15, 0.2) is 6.61 Å². The van der Waals surface area contributed by atoms with E-state index in [1.807, 2.05) is 45.0 Å². The van der Waals surface area contributed by atoms with E-state index in [1.54, 1.807) is 16.8 Å². The summed E-state index contributed by atoms with van der Waals surface area (Å²) in [4.78, 5) is 24.5. The third-order valence-corrected chi connectivity index (χ3v) is 4.44. The summed E-state index contributed by atoms with van der Waals surface area (Å²) in [6, 6.07) is 11.1. The molecule has 0 aliphatic heterocycles. The topological polar surface area (TPSA) is 85.3 Å². The predicted octanol–water partition coefficient (Wildman–Crippen LogP) is 2.44. The molecule has 1 saturated carbocycles. The molecule has 1 aliphatic carbocycles. The molecule has 28 heavy (non-hydrogen) atoms. The van der Waals surface area contributed by atoms with E-state index in [4.69, 9.17) is 4.74 Å². The molecule has 0 atom stereocenters. The lowest BCUT2D eigenvalue weighted by molar-refractivity contribution is -0.123. The van der Waals surface area contributed by atoms with Crippen molar-refractivity contribution in [3.8, 4) is 5.75 Å². The number of carbonyl (C=O) groups excluding carboxylic acids is 2. The summed E-state index contributed by atoms with van der Waals surface area (Å²) >= 11 is 0. The van der Waals surface area contributed by atoms with Gasteiger partial charge in [0.05, 0.1) is 11.2 Å². The van der Waals surface area contributed by atoms with Crippen molar-refractivity contribution in [2.45, 2.75) is 45.1 Å². The molecule has 3 rings (SSSR count). The standard InChI is InChI=1S/C21H28N4O3/c1-21(2,3)25-18(13-17(24-25)15-9-10-15)20(27)23-12-11-22-19(26)14-28-16-7-5-4-6-8-16/h4-8,13,15H,9-12,14H2,1-3H3,(H,22,26)(H,23,27). The lowest BCUT2D eigenvalue weighted by atomic mass is 10.1. The van der Waals surface area contributed by atoms with Crippen LogP contribution < -0.4 is 15.4 Å². The van der Waals surface area contributed by atoms with E-state index in [0.717, 1.165) is 18.5 Å². The van der Waals surface area contributed by atoms with Crippen LogP contribution in [-0.2, 0) is 10.3 Å². The first-order valence-corrected chi connectivity index (χ1v) is 9.68. The molecule has 1 aromatic carbocycles. The number of aromatic nitrogens is 2. The highest BCUT2D eigenvalue weighted by Gasteiger charge is 2.31. The monoisotopic (exact) mass is 384 g/mol. The van der Waals surface area contributed by atoms with Crippen LogP contribution in [0.15, 0.2) is 36.4 Å². The minimum Gasteiger partial charge on any atom is -0.484 e. The Morgan fingerprint density at radius 2 is 1.82 bits per heavy atom. The molecule has 0 radical (unpaired) electrons. The molecular weight excluding hydrogens is 356 g/mol. The van der Waals surface area contributed by atoms with Crippen molar-refractivity contribution < 1.29 is 14.3 Å². The van der Waals surface area contributed by atoms with Crippen molar-refractivity contribution in [3.05, 3.63) is 47.8 Å². The lowest BCUT2D eigenvalue weighted by Gasteiger charge is -2.22. The third kappa shape index (κ3) is 5.34. The first-order valence-electron chi connectivity index (χ1n) is 9.68. The minimum atomic E-state index is -0.275. The first-order chi connectivity index (χ1) is 13.3. The van der Waals surface area contributed by atoms with Gasteiger partial charge in [0, 0.05) is 19.0 Å². The number of hydrogen-bond donors (Lipinski definition) is 2. The molecule has 7 heteroatoms. The van der Waals surface area contributed by atoms with Crippen LogP contribution in [0.25, 0.3) is 0 Å². The Kier molecular flexibility index (Phi) is 6.02. The zero-order valence-corrected chi connectivity index (χ0v) is 16.7. The smallest absolute Gasteiger partial charge is 0.269 e. The van der Waals surface area contributed by atoms with Crippen molar-refractivity contribution in [1.82, 2.24) is 20.4 Å². The Morgan fingerprint density at radius 3 is 2.46 bits per heavy atom. The number of rotatable bonds is 8. The second-order valence-corrected chi connectivity index (χ2v) is 8.02. The van der Waals surface area contributed by atoms with Gasteiger partial charge in [-0.2, -0.15) is 5.10 Å². The highest BCUT2D eigenvalue weighted by atomic mass is 16.5. The van der Waals surface area contributed by atoms with Gasteiger partial charge in [-0.3, -0.25) is 14.3 Å². The van der Waals surface area contributed by atoms with E-state index < -0.39 is 0 Å². The van der Waals surface area contributed by atoms with E-state index in [0.29, 0.717) is 30.5 Å². The van der Waals surface area contributed by atoms with Gasteiger partial charge in [-0.05, 0) is 51.8 Å². The van der Waals surface area contributed by atoms with Crippen molar-refractivity contribution in [2.75, 3.05) is 19.7 Å². The maximum absolute atomic E-state index is 12.6. The number of ether oxygens (including phenoxy) is 1. The van der Waals surface area contributed by atoms with Crippen LogP contribution in [0.4, 0.5) is 0 Å². The average molecular weight is 384 g/mol. The normalized spacial score (nSPS) is 13.8. The number of hydrogen-bond acceptors (Lipinski definition) is 4. The van der Waals surface area contributed by atoms with Crippen molar-refractivity contribution in [3.63, 3.8) is 0 Å². The Bertz CT molecular complexity index is 820.